The van der Waals surface area contributed by atoms with Gasteiger partial charge in [0.1, 0.15) is 5.02 Å². The topological polar surface area (TPSA) is 84.0 Å². The monoisotopic (exact) mass is 428 g/mol. The summed E-state index contributed by atoms with van der Waals surface area (Å²) in [7, 11) is -3.49. The van der Waals surface area contributed by atoms with Gasteiger partial charge in [0.05, 0.1) is 22.0 Å². The van der Waals surface area contributed by atoms with Crippen LogP contribution in [0.25, 0.3) is 0 Å². The van der Waals surface area contributed by atoms with Gasteiger partial charge in [-0.05, 0) is 62.1 Å². The van der Waals surface area contributed by atoms with E-state index >= 15 is 0 Å². The van der Waals surface area contributed by atoms with Crippen LogP contribution in [0.2, 0.25) is 5.02 Å². The number of anilines is 4. The molecule has 2 aromatic carbocycles. The summed E-state index contributed by atoms with van der Waals surface area (Å²) in [6, 6.07) is 13.4. The average Bonchev–Trinajstić information content (AvgIpc) is 2.69. The number of rotatable bonds is 2. The molecule has 0 radical (unpaired) electrons. The molecule has 1 aliphatic rings. The van der Waals surface area contributed by atoms with E-state index in [-0.39, 0.29) is 4.90 Å². The minimum absolute atomic E-state index is 0.232. The number of sulfone groups is 1. The second-order valence-corrected chi connectivity index (χ2v) is 10.1. The molecule has 8 heteroatoms. The van der Waals surface area contributed by atoms with Crippen LogP contribution < -0.4 is 10.6 Å². The summed E-state index contributed by atoms with van der Waals surface area (Å²) in [6.07, 6.45) is 3.09. The zero-order valence-electron chi connectivity index (χ0n) is 16.1. The summed E-state index contributed by atoms with van der Waals surface area (Å²) in [5, 5.41) is 6.06. The fraction of sp³-hybridized carbons (Fsp3) is 0.238. The molecule has 0 saturated carbocycles. The van der Waals surface area contributed by atoms with Crippen molar-refractivity contribution in [2.24, 2.45) is 0 Å². The van der Waals surface area contributed by atoms with E-state index in [0.29, 0.717) is 22.5 Å². The second-order valence-electron chi connectivity index (χ2n) is 7.26. The number of halogens is 1. The molecular formula is C21H21ClN4O2S. The molecule has 6 bridgehead atoms. The Bertz CT molecular complexity index is 1180. The molecule has 0 aliphatic carbocycles. The number of nitrogens with one attached hydrogen (secondary N) is 2. The van der Waals surface area contributed by atoms with Crippen molar-refractivity contribution in [3.05, 3.63) is 64.8 Å². The van der Waals surface area contributed by atoms with Gasteiger partial charge in [-0.1, -0.05) is 29.8 Å². The standard InChI is InChI=1S/C21H21ClN4O2S/c1-13(2)29(27,28)19-9-8-15-7-6-14-4-3-5-16(10-14)24-21-23-12-17(22)20(26-21)25-18(19)11-15/h3-5,8-13H,6-7H2,1-2H3,(H2,23,24,25,26). The van der Waals surface area contributed by atoms with Gasteiger partial charge in [-0.25, -0.2) is 13.4 Å². The third kappa shape index (κ3) is 4.06. The fourth-order valence-electron chi connectivity index (χ4n) is 3.20. The lowest BCUT2D eigenvalue weighted by molar-refractivity contribution is 0.587. The third-order valence-corrected chi connectivity index (χ3v) is 7.34. The Balaban J connectivity index is 1.89. The molecule has 0 unspecified atom stereocenters. The van der Waals surface area contributed by atoms with Crippen LogP contribution in [-0.4, -0.2) is 23.6 Å². The maximum Gasteiger partial charge on any atom is 0.229 e. The third-order valence-electron chi connectivity index (χ3n) is 4.85. The quantitative estimate of drug-likeness (QED) is 0.604. The van der Waals surface area contributed by atoms with Gasteiger partial charge in [0.15, 0.2) is 15.7 Å². The molecule has 0 fully saturated rings. The molecule has 1 aromatic heterocycles. The number of aromatic nitrogens is 2. The molecule has 0 spiro atoms. The van der Waals surface area contributed by atoms with Gasteiger partial charge in [-0.2, -0.15) is 4.98 Å². The highest BCUT2D eigenvalue weighted by molar-refractivity contribution is 7.92. The number of aryl methyl sites for hydroxylation is 2. The lowest BCUT2D eigenvalue weighted by atomic mass is 10.0. The van der Waals surface area contributed by atoms with Crippen molar-refractivity contribution in [1.29, 1.82) is 0 Å². The minimum atomic E-state index is -3.49. The fourth-order valence-corrected chi connectivity index (χ4v) is 4.52. The maximum absolute atomic E-state index is 12.9. The minimum Gasteiger partial charge on any atom is -0.338 e. The average molecular weight is 429 g/mol. The van der Waals surface area contributed by atoms with E-state index in [2.05, 4.69) is 32.7 Å². The first kappa shape index (κ1) is 19.7. The van der Waals surface area contributed by atoms with Crippen molar-refractivity contribution in [3.8, 4) is 0 Å². The lowest BCUT2D eigenvalue weighted by Crippen LogP contribution is -2.16. The summed E-state index contributed by atoms with van der Waals surface area (Å²) in [5.41, 5.74) is 3.54. The Morgan fingerprint density at radius 1 is 1.03 bits per heavy atom. The van der Waals surface area contributed by atoms with Gasteiger partial charge >= 0.3 is 0 Å². The van der Waals surface area contributed by atoms with Gasteiger partial charge in [-0.15, -0.1) is 0 Å². The Labute approximate surface area is 175 Å². The molecule has 4 rings (SSSR count). The van der Waals surface area contributed by atoms with E-state index in [1.165, 1.54) is 6.20 Å². The van der Waals surface area contributed by atoms with Gasteiger partial charge in [0, 0.05) is 5.69 Å². The maximum atomic E-state index is 12.9. The first-order valence-electron chi connectivity index (χ1n) is 9.35. The summed E-state index contributed by atoms with van der Waals surface area (Å²) in [6.45, 7) is 3.34. The largest absolute Gasteiger partial charge is 0.338 e. The zero-order chi connectivity index (χ0) is 20.6. The van der Waals surface area contributed by atoms with E-state index in [0.717, 1.165) is 29.7 Å². The van der Waals surface area contributed by atoms with Crippen LogP contribution in [-0.2, 0) is 22.7 Å². The van der Waals surface area contributed by atoms with Crippen LogP contribution in [0.15, 0.2) is 53.6 Å². The number of nitrogens with zero attached hydrogens (tertiary/aromatic N) is 2. The highest BCUT2D eigenvalue weighted by atomic mass is 35.5. The molecule has 150 valence electrons. The highest BCUT2D eigenvalue weighted by Crippen LogP contribution is 2.32. The van der Waals surface area contributed by atoms with Crippen molar-refractivity contribution in [1.82, 2.24) is 9.97 Å². The van der Waals surface area contributed by atoms with E-state index in [1.54, 1.807) is 19.9 Å². The summed E-state index contributed by atoms with van der Waals surface area (Å²) < 4.78 is 25.8. The van der Waals surface area contributed by atoms with E-state index in [4.69, 9.17) is 11.6 Å². The van der Waals surface area contributed by atoms with Crippen LogP contribution >= 0.6 is 11.6 Å². The summed E-state index contributed by atoms with van der Waals surface area (Å²) in [4.78, 5) is 8.91. The molecule has 3 aromatic rings. The highest BCUT2D eigenvalue weighted by Gasteiger charge is 2.24. The Hall–Kier alpha value is -2.64. The molecular weight excluding hydrogens is 408 g/mol. The molecule has 6 nitrogen and oxygen atoms in total. The summed E-state index contributed by atoms with van der Waals surface area (Å²) in [5.74, 6) is 0.717. The first-order chi connectivity index (χ1) is 13.8. The zero-order valence-corrected chi connectivity index (χ0v) is 17.7. The van der Waals surface area contributed by atoms with E-state index in [9.17, 15) is 8.42 Å². The van der Waals surface area contributed by atoms with Gasteiger partial charge in [-0.3, -0.25) is 0 Å². The van der Waals surface area contributed by atoms with Gasteiger partial charge < -0.3 is 10.6 Å². The molecule has 29 heavy (non-hydrogen) atoms. The number of fused-ring (bicyclic) bond motifs is 6. The smallest absolute Gasteiger partial charge is 0.229 e. The normalized spacial score (nSPS) is 13.5. The van der Waals surface area contributed by atoms with Gasteiger partial charge in [0.2, 0.25) is 5.95 Å². The van der Waals surface area contributed by atoms with Crippen LogP contribution in [0.5, 0.6) is 0 Å². The molecule has 2 N–H and O–H groups in total. The molecule has 0 amide bonds. The van der Waals surface area contributed by atoms with Crippen molar-refractivity contribution in [3.63, 3.8) is 0 Å². The van der Waals surface area contributed by atoms with Crippen molar-refractivity contribution >= 4 is 44.6 Å². The van der Waals surface area contributed by atoms with Gasteiger partial charge in [0.25, 0.3) is 0 Å². The Morgan fingerprint density at radius 3 is 2.55 bits per heavy atom. The molecule has 2 heterocycles. The number of benzene rings is 2. The Morgan fingerprint density at radius 2 is 1.79 bits per heavy atom. The van der Waals surface area contributed by atoms with Crippen molar-refractivity contribution in [2.75, 3.05) is 10.6 Å². The van der Waals surface area contributed by atoms with Crippen LogP contribution in [0, 0.1) is 0 Å². The summed E-state index contributed by atoms with van der Waals surface area (Å²) >= 11 is 6.30. The van der Waals surface area contributed by atoms with Crippen molar-refractivity contribution < 1.29 is 8.42 Å². The van der Waals surface area contributed by atoms with Crippen LogP contribution in [0.1, 0.15) is 25.0 Å². The Kier molecular flexibility index (Phi) is 5.19. The second kappa shape index (κ2) is 7.65. The number of hydrogen-bond donors (Lipinski definition) is 2. The SMILES string of the molecule is CC(C)S(=O)(=O)c1ccc2cc1Nc1nc(ncc1Cl)Nc1cccc(c1)CC2. The van der Waals surface area contributed by atoms with E-state index in [1.807, 2.05) is 24.3 Å². The lowest BCUT2D eigenvalue weighted by Gasteiger charge is -2.16. The predicted octanol–water partition coefficient (Wildman–Crippen LogP) is 4.90. The molecule has 0 saturated heterocycles. The van der Waals surface area contributed by atoms with E-state index < -0.39 is 15.1 Å². The van der Waals surface area contributed by atoms with Crippen molar-refractivity contribution in [2.45, 2.75) is 36.8 Å². The number of hydrogen-bond acceptors (Lipinski definition) is 6. The van der Waals surface area contributed by atoms with Crippen LogP contribution in [0.3, 0.4) is 0 Å². The first-order valence-corrected chi connectivity index (χ1v) is 11.3. The molecule has 0 atom stereocenters. The van der Waals surface area contributed by atoms with Crippen LogP contribution in [0.4, 0.5) is 23.1 Å². The molecule has 1 aliphatic heterocycles. The predicted molar refractivity (Wildman–Crippen MR) is 116 cm³/mol.